The SMILES string of the molecule is CC(C)C(CC1(C)NC(=O)NC1=O)C(=O)N1CCN(c2cc(Cl)cc(Cl)c2)CC1. The summed E-state index contributed by atoms with van der Waals surface area (Å²) in [6, 6.07) is 4.91. The zero-order valence-corrected chi connectivity index (χ0v) is 18.3. The van der Waals surface area contributed by atoms with Crippen molar-refractivity contribution < 1.29 is 14.4 Å². The Balaban J connectivity index is 1.66. The molecular weight excluding hydrogens is 415 g/mol. The molecule has 2 unspecified atom stereocenters. The van der Waals surface area contributed by atoms with Crippen LogP contribution in [0.4, 0.5) is 10.5 Å². The van der Waals surface area contributed by atoms with E-state index >= 15 is 0 Å². The van der Waals surface area contributed by atoms with Gasteiger partial charge in [-0.1, -0.05) is 37.0 Å². The first-order valence-corrected chi connectivity index (χ1v) is 10.5. The lowest BCUT2D eigenvalue weighted by Gasteiger charge is -2.39. The predicted octanol–water partition coefficient (Wildman–Crippen LogP) is 2.90. The maximum atomic E-state index is 13.2. The van der Waals surface area contributed by atoms with Crippen LogP contribution in [0.2, 0.25) is 10.0 Å². The van der Waals surface area contributed by atoms with Crippen LogP contribution in [-0.2, 0) is 9.59 Å². The Morgan fingerprint density at radius 3 is 2.17 bits per heavy atom. The van der Waals surface area contributed by atoms with E-state index < -0.39 is 11.6 Å². The van der Waals surface area contributed by atoms with Crippen LogP contribution in [0.15, 0.2) is 18.2 Å². The third-order valence-corrected chi connectivity index (χ3v) is 6.11. The summed E-state index contributed by atoms with van der Waals surface area (Å²) in [6.45, 7) is 8.07. The molecule has 0 saturated carbocycles. The molecule has 2 atom stereocenters. The highest BCUT2D eigenvalue weighted by molar-refractivity contribution is 6.35. The monoisotopic (exact) mass is 440 g/mol. The third-order valence-electron chi connectivity index (χ3n) is 5.67. The minimum Gasteiger partial charge on any atom is -0.368 e. The zero-order valence-electron chi connectivity index (χ0n) is 16.8. The van der Waals surface area contributed by atoms with Gasteiger partial charge in [-0.2, -0.15) is 0 Å². The second-order valence-corrected chi connectivity index (χ2v) is 9.11. The molecule has 2 saturated heterocycles. The average molecular weight is 441 g/mol. The first-order chi connectivity index (χ1) is 13.6. The van der Waals surface area contributed by atoms with Gasteiger partial charge in [0.15, 0.2) is 0 Å². The molecule has 29 heavy (non-hydrogen) atoms. The van der Waals surface area contributed by atoms with E-state index in [1.807, 2.05) is 30.9 Å². The number of anilines is 1. The van der Waals surface area contributed by atoms with E-state index in [9.17, 15) is 14.4 Å². The highest BCUT2D eigenvalue weighted by atomic mass is 35.5. The molecule has 0 radical (unpaired) electrons. The fourth-order valence-electron chi connectivity index (χ4n) is 3.91. The van der Waals surface area contributed by atoms with Crippen molar-refractivity contribution >= 4 is 46.7 Å². The third kappa shape index (κ3) is 4.78. The van der Waals surface area contributed by atoms with Gasteiger partial charge in [-0.15, -0.1) is 0 Å². The number of hydrogen-bond donors (Lipinski definition) is 2. The van der Waals surface area contributed by atoms with E-state index in [1.165, 1.54) is 0 Å². The van der Waals surface area contributed by atoms with Crippen LogP contribution in [0.5, 0.6) is 0 Å². The Kier molecular flexibility index (Phi) is 6.29. The normalized spacial score (nSPS) is 23.2. The number of hydrogen-bond acceptors (Lipinski definition) is 4. The van der Waals surface area contributed by atoms with Crippen molar-refractivity contribution in [2.24, 2.45) is 11.8 Å². The lowest BCUT2D eigenvalue weighted by Crippen LogP contribution is -2.53. The van der Waals surface area contributed by atoms with Gasteiger partial charge in [0.1, 0.15) is 5.54 Å². The fourth-order valence-corrected chi connectivity index (χ4v) is 4.43. The van der Waals surface area contributed by atoms with Gasteiger partial charge in [-0.05, 0) is 37.5 Å². The standard InChI is InChI=1S/C20H26Cl2N4O3/c1-12(2)16(11-20(3)18(28)23-19(29)24-20)17(27)26-6-4-25(5-7-26)15-9-13(21)8-14(22)10-15/h8-10,12,16H,4-7,11H2,1-3H3,(H2,23,24,28,29). The lowest BCUT2D eigenvalue weighted by atomic mass is 9.81. The summed E-state index contributed by atoms with van der Waals surface area (Å²) in [5.41, 5.74) is -0.131. The summed E-state index contributed by atoms with van der Waals surface area (Å²) in [5, 5.41) is 6.08. The molecule has 7 nitrogen and oxygen atoms in total. The van der Waals surface area contributed by atoms with Crippen molar-refractivity contribution in [3.8, 4) is 0 Å². The quantitative estimate of drug-likeness (QED) is 0.689. The molecule has 0 bridgehead atoms. The van der Waals surface area contributed by atoms with Gasteiger partial charge >= 0.3 is 6.03 Å². The molecule has 2 fully saturated rings. The second-order valence-electron chi connectivity index (χ2n) is 8.23. The van der Waals surface area contributed by atoms with Gasteiger partial charge in [-0.25, -0.2) is 4.79 Å². The number of halogens is 2. The van der Waals surface area contributed by atoms with Crippen LogP contribution < -0.4 is 15.5 Å². The molecule has 4 amide bonds. The number of imide groups is 1. The summed E-state index contributed by atoms with van der Waals surface area (Å²) in [4.78, 5) is 40.9. The van der Waals surface area contributed by atoms with Crippen molar-refractivity contribution in [1.82, 2.24) is 15.5 Å². The Morgan fingerprint density at radius 2 is 1.69 bits per heavy atom. The molecule has 2 aliphatic rings. The topological polar surface area (TPSA) is 81.8 Å². The van der Waals surface area contributed by atoms with Gasteiger partial charge in [0.2, 0.25) is 5.91 Å². The van der Waals surface area contributed by atoms with Crippen molar-refractivity contribution in [2.45, 2.75) is 32.7 Å². The van der Waals surface area contributed by atoms with E-state index in [2.05, 4.69) is 15.5 Å². The number of carbonyl (C=O) groups is 3. The minimum atomic E-state index is -1.07. The number of nitrogens with one attached hydrogen (secondary N) is 2. The summed E-state index contributed by atoms with van der Waals surface area (Å²) < 4.78 is 0. The molecule has 2 heterocycles. The molecule has 3 rings (SSSR count). The van der Waals surface area contributed by atoms with Crippen LogP contribution in [0, 0.1) is 11.8 Å². The predicted molar refractivity (Wildman–Crippen MR) is 113 cm³/mol. The Hall–Kier alpha value is -1.99. The number of piperazine rings is 1. The molecule has 1 aromatic carbocycles. The molecule has 1 aromatic rings. The number of carbonyl (C=O) groups excluding carboxylic acids is 3. The smallest absolute Gasteiger partial charge is 0.322 e. The summed E-state index contributed by atoms with van der Waals surface area (Å²) in [7, 11) is 0. The van der Waals surface area contributed by atoms with Crippen molar-refractivity contribution in [3.63, 3.8) is 0 Å². The number of benzene rings is 1. The van der Waals surface area contributed by atoms with E-state index in [0.717, 1.165) is 5.69 Å². The van der Waals surface area contributed by atoms with Gasteiger partial charge in [0.05, 0.1) is 0 Å². The van der Waals surface area contributed by atoms with Crippen LogP contribution in [-0.4, -0.2) is 54.5 Å². The summed E-state index contributed by atoms with van der Waals surface area (Å²) in [5.74, 6) is -0.701. The van der Waals surface area contributed by atoms with Gasteiger partial charge in [0.25, 0.3) is 5.91 Å². The molecule has 0 aromatic heterocycles. The first kappa shape index (κ1) is 21.7. The first-order valence-electron chi connectivity index (χ1n) is 9.72. The van der Waals surface area contributed by atoms with Crippen LogP contribution in [0.1, 0.15) is 27.2 Å². The summed E-state index contributed by atoms with van der Waals surface area (Å²) >= 11 is 12.2. The van der Waals surface area contributed by atoms with Gasteiger partial charge in [0, 0.05) is 47.8 Å². The number of nitrogens with zero attached hydrogens (tertiary/aromatic N) is 2. The Morgan fingerprint density at radius 1 is 1.10 bits per heavy atom. The van der Waals surface area contributed by atoms with Crippen LogP contribution >= 0.6 is 23.2 Å². The molecule has 0 spiro atoms. The van der Waals surface area contributed by atoms with E-state index in [1.54, 1.807) is 13.0 Å². The van der Waals surface area contributed by atoms with E-state index in [0.29, 0.717) is 36.2 Å². The Bertz CT molecular complexity index is 804. The average Bonchev–Trinajstić information content (AvgIpc) is 2.90. The molecular formula is C20H26Cl2N4O3. The fraction of sp³-hybridized carbons (Fsp3) is 0.550. The highest BCUT2D eigenvalue weighted by Gasteiger charge is 2.46. The molecule has 158 valence electrons. The maximum absolute atomic E-state index is 13.2. The van der Waals surface area contributed by atoms with E-state index in [-0.39, 0.29) is 30.1 Å². The molecule has 2 aliphatic heterocycles. The minimum absolute atomic E-state index is 0.0129. The van der Waals surface area contributed by atoms with Crippen molar-refractivity contribution in [1.29, 1.82) is 0 Å². The van der Waals surface area contributed by atoms with Gasteiger partial charge < -0.3 is 15.1 Å². The second kappa shape index (κ2) is 8.40. The maximum Gasteiger partial charge on any atom is 0.322 e. The van der Waals surface area contributed by atoms with Crippen LogP contribution in [0.25, 0.3) is 0 Å². The van der Waals surface area contributed by atoms with Crippen molar-refractivity contribution in [3.05, 3.63) is 28.2 Å². The number of amides is 4. The van der Waals surface area contributed by atoms with Crippen molar-refractivity contribution in [2.75, 3.05) is 31.1 Å². The highest BCUT2D eigenvalue weighted by Crippen LogP contribution is 2.29. The number of urea groups is 1. The largest absolute Gasteiger partial charge is 0.368 e. The summed E-state index contributed by atoms with van der Waals surface area (Å²) in [6.07, 6.45) is 0.269. The Labute approximate surface area is 180 Å². The van der Waals surface area contributed by atoms with E-state index in [4.69, 9.17) is 23.2 Å². The molecule has 0 aliphatic carbocycles. The van der Waals surface area contributed by atoms with Gasteiger partial charge in [-0.3, -0.25) is 14.9 Å². The van der Waals surface area contributed by atoms with Crippen LogP contribution in [0.3, 0.4) is 0 Å². The molecule has 2 N–H and O–H groups in total. The number of rotatable bonds is 5. The molecule has 9 heteroatoms. The lowest BCUT2D eigenvalue weighted by molar-refractivity contribution is -0.138. The zero-order chi connectivity index (χ0) is 21.3.